The lowest BCUT2D eigenvalue weighted by molar-refractivity contribution is 0.0994. The molecular formula is C14H9BrO. The second kappa shape index (κ2) is 3.56. The zero-order valence-corrected chi connectivity index (χ0v) is 10.1. The summed E-state index contributed by atoms with van der Waals surface area (Å²) in [7, 11) is 0. The Morgan fingerprint density at radius 3 is 2.31 bits per heavy atom. The molecule has 16 heavy (non-hydrogen) atoms. The van der Waals surface area contributed by atoms with Crippen molar-refractivity contribution < 1.29 is 4.79 Å². The second-order valence-electron chi connectivity index (χ2n) is 3.92. The highest BCUT2D eigenvalue weighted by Crippen LogP contribution is 2.33. The van der Waals surface area contributed by atoms with E-state index in [-0.39, 0.29) is 5.78 Å². The van der Waals surface area contributed by atoms with Gasteiger partial charge in [0.1, 0.15) is 0 Å². The molecule has 1 aliphatic carbocycles. The van der Waals surface area contributed by atoms with Crippen LogP contribution in [0.25, 0.3) is 15.3 Å². The Labute approximate surface area is 102 Å². The summed E-state index contributed by atoms with van der Waals surface area (Å²) >= 11 is 3.51. The van der Waals surface area contributed by atoms with Crippen LogP contribution in [-0.4, -0.2) is 5.78 Å². The summed E-state index contributed by atoms with van der Waals surface area (Å²) in [6.45, 7) is 0. The van der Waals surface area contributed by atoms with Gasteiger partial charge in [-0.15, -0.1) is 0 Å². The number of hydrogen-bond acceptors (Lipinski definition) is 1. The molecule has 0 N–H and O–H groups in total. The van der Waals surface area contributed by atoms with E-state index in [0.29, 0.717) is 6.42 Å². The fourth-order valence-electron chi connectivity index (χ4n) is 2.07. The average Bonchev–Trinajstić information content (AvgIpc) is 2.32. The minimum atomic E-state index is 0.198. The number of fused-ring (bicyclic) bond motifs is 2. The van der Waals surface area contributed by atoms with Crippen LogP contribution in [-0.2, 0) is 0 Å². The highest BCUT2D eigenvalue weighted by Gasteiger charge is 2.18. The number of allylic oxidation sites excluding steroid dienone is 1. The quantitative estimate of drug-likeness (QED) is 0.704. The normalized spacial score (nSPS) is 14.8. The number of benzene rings is 2. The summed E-state index contributed by atoms with van der Waals surface area (Å²) < 4.78 is 1.02. The standard InChI is InChI=1S/C14H9BrO/c15-13-5-6-14(16)12-8-10-4-2-1-3-9(10)7-11(12)13/h1-5,7-8H,6H2. The number of rotatable bonds is 0. The summed E-state index contributed by atoms with van der Waals surface area (Å²) in [5.41, 5.74) is 1.84. The van der Waals surface area contributed by atoms with E-state index in [1.54, 1.807) is 0 Å². The number of ketones is 1. The number of hydrogen-bond donors (Lipinski definition) is 0. The summed E-state index contributed by atoms with van der Waals surface area (Å²) in [6.07, 6.45) is 2.42. The number of Topliss-reactive ketones (excluding diaryl/α,β-unsaturated/α-hetero) is 1. The van der Waals surface area contributed by atoms with Crippen LogP contribution in [0.4, 0.5) is 0 Å². The molecule has 0 fully saturated rings. The predicted molar refractivity (Wildman–Crippen MR) is 69.8 cm³/mol. The molecule has 2 aromatic carbocycles. The maximum atomic E-state index is 11.8. The van der Waals surface area contributed by atoms with Crippen molar-refractivity contribution in [3.8, 4) is 0 Å². The first kappa shape index (κ1) is 9.79. The van der Waals surface area contributed by atoms with Gasteiger partial charge in [0, 0.05) is 16.5 Å². The first-order valence-electron chi connectivity index (χ1n) is 5.18. The molecule has 2 heteroatoms. The van der Waals surface area contributed by atoms with Crippen molar-refractivity contribution in [3.63, 3.8) is 0 Å². The molecule has 0 heterocycles. The third-order valence-corrected chi connectivity index (χ3v) is 3.66. The van der Waals surface area contributed by atoms with E-state index >= 15 is 0 Å². The zero-order chi connectivity index (χ0) is 11.1. The average molecular weight is 273 g/mol. The van der Waals surface area contributed by atoms with Gasteiger partial charge < -0.3 is 0 Å². The van der Waals surface area contributed by atoms with Gasteiger partial charge in [-0.1, -0.05) is 46.3 Å². The number of halogens is 1. The molecule has 1 nitrogen and oxygen atoms in total. The van der Waals surface area contributed by atoms with Gasteiger partial charge in [0.25, 0.3) is 0 Å². The third-order valence-electron chi connectivity index (χ3n) is 2.91. The molecule has 0 saturated heterocycles. The van der Waals surface area contributed by atoms with Gasteiger partial charge in [-0.05, 0) is 28.5 Å². The number of carbonyl (C=O) groups is 1. The van der Waals surface area contributed by atoms with Crippen molar-refractivity contribution in [2.45, 2.75) is 6.42 Å². The van der Waals surface area contributed by atoms with Crippen molar-refractivity contribution in [3.05, 3.63) is 53.6 Å². The van der Waals surface area contributed by atoms with E-state index in [0.717, 1.165) is 21.0 Å². The van der Waals surface area contributed by atoms with Crippen molar-refractivity contribution >= 4 is 37.0 Å². The molecule has 0 amide bonds. The lowest BCUT2D eigenvalue weighted by atomic mass is 9.93. The molecule has 2 aromatic rings. The molecule has 0 bridgehead atoms. The first-order chi connectivity index (χ1) is 7.75. The Hall–Kier alpha value is -1.41. The lowest BCUT2D eigenvalue weighted by Crippen LogP contribution is -2.05. The molecule has 0 radical (unpaired) electrons. The van der Waals surface area contributed by atoms with E-state index < -0.39 is 0 Å². The van der Waals surface area contributed by atoms with E-state index in [1.807, 2.05) is 30.3 Å². The van der Waals surface area contributed by atoms with Crippen LogP contribution in [0.15, 0.2) is 42.5 Å². The fraction of sp³-hybridized carbons (Fsp3) is 0.0714. The molecule has 78 valence electrons. The summed E-state index contributed by atoms with van der Waals surface area (Å²) in [5, 5.41) is 2.29. The molecule has 3 rings (SSSR count). The summed E-state index contributed by atoms with van der Waals surface area (Å²) in [4.78, 5) is 11.8. The van der Waals surface area contributed by atoms with Gasteiger partial charge in [0.2, 0.25) is 0 Å². The Kier molecular flexibility index (Phi) is 2.18. The maximum absolute atomic E-state index is 11.8. The van der Waals surface area contributed by atoms with E-state index in [2.05, 4.69) is 28.1 Å². The predicted octanol–water partition coefficient (Wildman–Crippen LogP) is 4.16. The molecule has 0 saturated carbocycles. The van der Waals surface area contributed by atoms with E-state index in [1.165, 1.54) is 5.39 Å². The van der Waals surface area contributed by atoms with Gasteiger partial charge in [0.15, 0.2) is 5.78 Å². The SMILES string of the molecule is O=C1CC=C(Br)c2cc3ccccc3cc21. The van der Waals surface area contributed by atoms with Crippen LogP contribution >= 0.6 is 15.9 Å². The fourth-order valence-corrected chi connectivity index (χ4v) is 2.56. The number of carbonyl (C=O) groups excluding carboxylic acids is 1. The van der Waals surface area contributed by atoms with Gasteiger partial charge in [-0.3, -0.25) is 4.79 Å². The molecule has 0 aromatic heterocycles. The molecule has 0 aliphatic heterocycles. The Bertz CT molecular complexity index is 626. The van der Waals surface area contributed by atoms with Crippen LogP contribution in [0.3, 0.4) is 0 Å². The summed E-state index contributed by atoms with van der Waals surface area (Å²) in [6, 6.07) is 12.2. The highest BCUT2D eigenvalue weighted by atomic mass is 79.9. The largest absolute Gasteiger partial charge is 0.294 e. The van der Waals surface area contributed by atoms with Crippen LogP contribution in [0, 0.1) is 0 Å². The Morgan fingerprint density at radius 2 is 1.62 bits per heavy atom. The molecule has 0 unspecified atom stereocenters. The van der Waals surface area contributed by atoms with Gasteiger partial charge in [-0.2, -0.15) is 0 Å². The Morgan fingerprint density at radius 1 is 1.00 bits per heavy atom. The summed E-state index contributed by atoms with van der Waals surface area (Å²) in [5.74, 6) is 0.198. The Balaban J connectivity index is 2.39. The van der Waals surface area contributed by atoms with Crippen LogP contribution in [0.1, 0.15) is 22.3 Å². The lowest BCUT2D eigenvalue weighted by Gasteiger charge is -2.14. The van der Waals surface area contributed by atoms with Gasteiger partial charge in [0.05, 0.1) is 0 Å². The molecule has 0 atom stereocenters. The van der Waals surface area contributed by atoms with E-state index in [4.69, 9.17) is 0 Å². The van der Waals surface area contributed by atoms with Crippen molar-refractivity contribution in [2.24, 2.45) is 0 Å². The minimum absolute atomic E-state index is 0.198. The first-order valence-corrected chi connectivity index (χ1v) is 5.97. The maximum Gasteiger partial charge on any atom is 0.167 e. The molecular weight excluding hydrogens is 264 g/mol. The smallest absolute Gasteiger partial charge is 0.167 e. The van der Waals surface area contributed by atoms with Crippen LogP contribution in [0.5, 0.6) is 0 Å². The molecule has 1 aliphatic rings. The highest BCUT2D eigenvalue weighted by molar-refractivity contribution is 9.15. The van der Waals surface area contributed by atoms with Crippen molar-refractivity contribution in [2.75, 3.05) is 0 Å². The molecule has 0 spiro atoms. The van der Waals surface area contributed by atoms with Crippen LogP contribution in [0.2, 0.25) is 0 Å². The minimum Gasteiger partial charge on any atom is -0.294 e. The van der Waals surface area contributed by atoms with E-state index in [9.17, 15) is 4.79 Å². The van der Waals surface area contributed by atoms with Crippen molar-refractivity contribution in [1.29, 1.82) is 0 Å². The van der Waals surface area contributed by atoms with Gasteiger partial charge in [-0.25, -0.2) is 0 Å². The second-order valence-corrected chi connectivity index (χ2v) is 4.78. The van der Waals surface area contributed by atoms with Crippen molar-refractivity contribution in [1.82, 2.24) is 0 Å². The van der Waals surface area contributed by atoms with Crippen LogP contribution < -0.4 is 0 Å². The third kappa shape index (κ3) is 1.41. The zero-order valence-electron chi connectivity index (χ0n) is 8.53. The van der Waals surface area contributed by atoms with Gasteiger partial charge >= 0.3 is 0 Å². The topological polar surface area (TPSA) is 17.1 Å². The monoisotopic (exact) mass is 272 g/mol.